The van der Waals surface area contributed by atoms with Gasteiger partial charge in [-0.3, -0.25) is 0 Å². The molecule has 138 valence electrons. The average Bonchev–Trinajstić information content (AvgIpc) is 3.08. The number of fused-ring (bicyclic) bond motifs is 1. The largest absolute Gasteiger partial charge is 0.457 e. The van der Waals surface area contributed by atoms with Crippen LogP contribution in [0.1, 0.15) is 20.3 Å². The van der Waals surface area contributed by atoms with E-state index in [2.05, 4.69) is 4.98 Å². The minimum atomic E-state index is -3.70. The highest BCUT2D eigenvalue weighted by Gasteiger charge is 2.40. The van der Waals surface area contributed by atoms with Gasteiger partial charge in [0.2, 0.25) is 10.0 Å². The predicted octanol–water partition coefficient (Wildman–Crippen LogP) is 4.67. The zero-order chi connectivity index (χ0) is 19.1. The minimum absolute atomic E-state index is 0.366. The molecule has 0 saturated heterocycles. The minimum Gasteiger partial charge on any atom is -0.457 e. The molecule has 0 aliphatic heterocycles. The molecular formula is C21H20N2O3S. The standard InChI is InChI=1S/C21H20N2O3S/c1-16-7-6-12-21(2,15-16)27(24,25)23-14-11-18-19(10-13-22-20(18)23)26-17-8-4-3-5-9-17/h3-14H,15H2,1-2H3. The first-order valence-electron chi connectivity index (χ1n) is 8.70. The van der Waals surface area contributed by atoms with Crippen LogP contribution in [0.15, 0.2) is 78.7 Å². The Labute approximate surface area is 158 Å². The van der Waals surface area contributed by atoms with Crippen molar-refractivity contribution in [3.63, 3.8) is 0 Å². The quantitative estimate of drug-likeness (QED) is 0.660. The van der Waals surface area contributed by atoms with Crippen LogP contribution in [0.3, 0.4) is 0 Å². The van der Waals surface area contributed by atoms with E-state index in [1.807, 2.05) is 43.3 Å². The van der Waals surface area contributed by atoms with Gasteiger partial charge in [-0.2, -0.15) is 0 Å². The molecule has 0 amide bonds. The maximum absolute atomic E-state index is 13.4. The van der Waals surface area contributed by atoms with E-state index in [0.717, 1.165) is 5.57 Å². The lowest BCUT2D eigenvalue weighted by Crippen LogP contribution is -2.38. The van der Waals surface area contributed by atoms with Gasteiger partial charge < -0.3 is 4.74 Å². The molecule has 1 atom stereocenters. The van der Waals surface area contributed by atoms with Gasteiger partial charge >= 0.3 is 0 Å². The van der Waals surface area contributed by atoms with Crippen molar-refractivity contribution >= 4 is 21.1 Å². The van der Waals surface area contributed by atoms with Gasteiger partial charge in [0.15, 0.2) is 5.65 Å². The second kappa shape index (κ2) is 6.39. The third-order valence-corrected chi connectivity index (χ3v) is 7.06. The van der Waals surface area contributed by atoms with Crippen LogP contribution in [0, 0.1) is 0 Å². The highest BCUT2D eigenvalue weighted by molar-refractivity contribution is 7.91. The Bertz CT molecular complexity index is 1160. The Morgan fingerprint density at radius 3 is 2.67 bits per heavy atom. The van der Waals surface area contributed by atoms with Crippen LogP contribution < -0.4 is 4.74 Å². The van der Waals surface area contributed by atoms with Crippen LogP contribution in [0.4, 0.5) is 0 Å². The Kier molecular flexibility index (Phi) is 4.15. The lowest BCUT2D eigenvalue weighted by atomic mass is 9.96. The number of rotatable bonds is 4. The normalized spacial score (nSPS) is 19.9. The number of pyridine rings is 1. The molecule has 1 aliphatic carbocycles. The third-order valence-electron chi connectivity index (χ3n) is 4.79. The Morgan fingerprint density at radius 1 is 1.15 bits per heavy atom. The van der Waals surface area contributed by atoms with Crippen molar-refractivity contribution in [2.45, 2.75) is 25.0 Å². The number of para-hydroxylation sites is 1. The SMILES string of the molecule is CC1=CC=CC(C)(S(=O)(=O)n2ccc3c(Oc4ccccc4)ccnc32)C1. The number of nitrogens with zero attached hydrogens (tertiary/aromatic N) is 2. The summed E-state index contributed by atoms with van der Waals surface area (Å²) >= 11 is 0. The first-order valence-corrected chi connectivity index (χ1v) is 10.1. The molecule has 0 bridgehead atoms. The van der Waals surface area contributed by atoms with Crippen molar-refractivity contribution < 1.29 is 13.2 Å². The van der Waals surface area contributed by atoms with Crippen molar-refractivity contribution in [1.82, 2.24) is 8.96 Å². The van der Waals surface area contributed by atoms with Crippen molar-refractivity contribution in [3.8, 4) is 11.5 Å². The van der Waals surface area contributed by atoms with E-state index < -0.39 is 14.8 Å². The zero-order valence-electron chi connectivity index (χ0n) is 15.2. The summed E-state index contributed by atoms with van der Waals surface area (Å²) in [4.78, 5) is 4.32. The number of allylic oxidation sites excluding steroid dienone is 3. The maximum Gasteiger partial charge on any atom is 0.249 e. The van der Waals surface area contributed by atoms with Gasteiger partial charge in [-0.15, -0.1) is 0 Å². The van der Waals surface area contributed by atoms with Crippen LogP contribution in [0.2, 0.25) is 0 Å². The Hall–Kier alpha value is -2.86. The van der Waals surface area contributed by atoms with Crippen molar-refractivity contribution in [1.29, 1.82) is 0 Å². The molecule has 0 N–H and O–H groups in total. The van der Waals surface area contributed by atoms with E-state index in [4.69, 9.17) is 4.74 Å². The van der Waals surface area contributed by atoms with Gasteiger partial charge in [0, 0.05) is 12.4 Å². The smallest absolute Gasteiger partial charge is 0.249 e. The lowest BCUT2D eigenvalue weighted by Gasteiger charge is -2.29. The summed E-state index contributed by atoms with van der Waals surface area (Å²) in [5.74, 6) is 1.25. The van der Waals surface area contributed by atoms with E-state index in [0.29, 0.717) is 29.0 Å². The molecule has 1 aromatic carbocycles. The topological polar surface area (TPSA) is 61.2 Å². The van der Waals surface area contributed by atoms with E-state index in [-0.39, 0.29) is 0 Å². The number of hydrogen-bond donors (Lipinski definition) is 0. The molecule has 0 fully saturated rings. The van der Waals surface area contributed by atoms with Crippen LogP contribution in [-0.4, -0.2) is 22.1 Å². The van der Waals surface area contributed by atoms with E-state index in [1.165, 1.54) is 3.97 Å². The van der Waals surface area contributed by atoms with Crippen LogP contribution >= 0.6 is 0 Å². The lowest BCUT2D eigenvalue weighted by molar-refractivity contribution is 0.488. The van der Waals surface area contributed by atoms with Crippen LogP contribution in [0.5, 0.6) is 11.5 Å². The molecule has 27 heavy (non-hydrogen) atoms. The van der Waals surface area contributed by atoms with E-state index in [9.17, 15) is 8.42 Å². The molecule has 2 heterocycles. The molecule has 0 radical (unpaired) electrons. The summed E-state index contributed by atoms with van der Waals surface area (Å²) in [6.07, 6.45) is 9.06. The molecular weight excluding hydrogens is 360 g/mol. The molecule has 5 nitrogen and oxygen atoms in total. The van der Waals surface area contributed by atoms with Gasteiger partial charge in [0.25, 0.3) is 0 Å². The first-order chi connectivity index (χ1) is 12.9. The second-order valence-corrected chi connectivity index (χ2v) is 9.22. The first kappa shape index (κ1) is 17.5. The second-order valence-electron chi connectivity index (χ2n) is 6.94. The molecule has 2 aromatic heterocycles. The fourth-order valence-corrected chi connectivity index (χ4v) is 5.08. The highest BCUT2D eigenvalue weighted by Crippen LogP contribution is 2.35. The molecule has 0 saturated carbocycles. The molecule has 6 heteroatoms. The van der Waals surface area contributed by atoms with Crippen LogP contribution in [-0.2, 0) is 10.0 Å². The summed E-state index contributed by atoms with van der Waals surface area (Å²) in [6, 6.07) is 12.8. The number of hydrogen-bond acceptors (Lipinski definition) is 4. The summed E-state index contributed by atoms with van der Waals surface area (Å²) < 4.78 is 33.0. The van der Waals surface area contributed by atoms with Gasteiger partial charge in [-0.05, 0) is 44.5 Å². The number of ether oxygens (including phenoxy) is 1. The predicted molar refractivity (Wildman–Crippen MR) is 106 cm³/mol. The fraction of sp³-hybridized carbons (Fsp3) is 0.190. The van der Waals surface area contributed by atoms with Gasteiger partial charge in [0.1, 0.15) is 16.2 Å². The molecule has 3 aromatic rings. The Balaban J connectivity index is 1.79. The molecule has 0 spiro atoms. The molecule has 1 unspecified atom stereocenters. The average molecular weight is 380 g/mol. The fourth-order valence-electron chi connectivity index (χ4n) is 3.38. The number of aromatic nitrogens is 2. The highest BCUT2D eigenvalue weighted by atomic mass is 32.2. The van der Waals surface area contributed by atoms with Crippen molar-refractivity contribution in [2.75, 3.05) is 0 Å². The van der Waals surface area contributed by atoms with Gasteiger partial charge in [-0.1, -0.05) is 42.0 Å². The maximum atomic E-state index is 13.4. The van der Waals surface area contributed by atoms with E-state index >= 15 is 0 Å². The van der Waals surface area contributed by atoms with Crippen LogP contribution in [0.25, 0.3) is 11.0 Å². The Morgan fingerprint density at radius 2 is 1.93 bits per heavy atom. The van der Waals surface area contributed by atoms with E-state index in [1.54, 1.807) is 43.6 Å². The summed E-state index contributed by atoms with van der Waals surface area (Å²) in [5, 5.41) is 0.653. The molecule has 1 aliphatic rings. The summed E-state index contributed by atoms with van der Waals surface area (Å²) in [5.41, 5.74) is 1.39. The van der Waals surface area contributed by atoms with Crippen molar-refractivity contribution in [2.24, 2.45) is 0 Å². The van der Waals surface area contributed by atoms with Crippen molar-refractivity contribution in [3.05, 3.63) is 78.7 Å². The zero-order valence-corrected chi connectivity index (χ0v) is 16.0. The number of benzene rings is 1. The molecule has 4 rings (SSSR count). The summed E-state index contributed by atoms with van der Waals surface area (Å²) in [6.45, 7) is 3.68. The van der Waals surface area contributed by atoms with Gasteiger partial charge in [0.05, 0.1) is 5.39 Å². The summed E-state index contributed by atoms with van der Waals surface area (Å²) in [7, 11) is -3.70. The monoisotopic (exact) mass is 380 g/mol. The van der Waals surface area contributed by atoms with Gasteiger partial charge in [-0.25, -0.2) is 17.4 Å². The third kappa shape index (κ3) is 2.96.